The number of nitrogens with one attached hydrogen (secondary N) is 3. The molecule has 0 unspecified atom stereocenters. The molecule has 11 nitrogen and oxygen atoms in total. The summed E-state index contributed by atoms with van der Waals surface area (Å²) in [6, 6.07) is 12.5. The van der Waals surface area contributed by atoms with Crippen molar-refractivity contribution >= 4 is 23.5 Å². The Morgan fingerprint density at radius 1 is 1.09 bits per heavy atom. The molecule has 4 heterocycles. The molecule has 0 saturated carbocycles. The van der Waals surface area contributed by atoms with Gasteiger partial charge in [-0.1, -0.05) is 35.5 Å². The van der Waals surface area contributed by atoms with Crippen LogP contribution in [0.3, 0.4) is 0 Å². The molecule has 11 heteroatoms. The first-order valence-corrected chi connectivity index (χ1v) is 10.6. The van der Waals surface area contributed by atoms with E-state index in [9.17, 15) is 9.90 Å². The molecule has 0 aliphatic carbocycles. The summed E-state index contributed by atoms with van der Waals surface area (Å²) in [6.45, 7) is 3.62. The number of pyridine rings is 1. The second-order valence-corrected chi connectivity index (χ2v) is 8.29. The van der Waals surface area contributed by atoms with Crippen molar-refractivity contribution in [2.75, 3.05) is 17.2 Å². The summed E-state index contributed by atoms with van der Waals surface area (Å²) in [7, 11) is 0. The SMILES string of the molecule is CC1(C)NC(=O)c2ccc(Nc3ncc(-c4ncno4)c(N[C@H](CO)c4ccccc4)n3)nc21. The normalized spacial score (nSPS) is 14.9. The van der Waals surface area contributed by atoms with Gasteiger partial charge < -0.3 is 25.6 Å². The van der Waals surface area contributed by atoms with E-state index in [2.05, 4.69) is 41.0 Å². The summed E-state index contributed by atoms with van der Waals surface area (Å²) in [6.07, 6.45) is 2.84. The Morgan fingerprint density at radius 2 is 1.91 bits per heavy atom. The van der Waals surface area contributed by atoms with E-state index in [0.29, 0.717) is 28.5 Å². The molecular formula is C23H22N8O3. The number of carbonyl (C=O) groups is 1. The number of aliphatic hydroxyl groups is 1. The highest BCUT2D eigenvalue weighted by molar-refractivity contribution is 5.99. The number of hydrogen-bond donors (Lipinski definition) is 4. The fourth-order valence-corrected chi connectivity index (χ4v) is 3.80. The van der Waals surface area contributed by atoms with E-state index in [1.807, 2.05) is 44.2 Å². The van der Waals surface area contributed by atoms with Gasteiger partial charge in [0.15, 0.2) is 6.33 Å². The minimum atomic E-state index is -0.580. The molecule has 0 spiro atoms. The Labute approximate surface area is 194 Å². The predicted octanol–water partition coefficient (Wildman–Crippen LogP) is 2.79. The molecule has 1 aromatic carbocycles. The summed E-state index contributed by atoms with van der Waals surface area (Å²) in [4.78, 5) is 29.8. The largest absolute Gasteiger partial charge is 0.394 e. The van der Waals surface area contributed by atoms with Crippen molar-refractivity contribution in [2.24, 2.45) is 0 Å². The molecule has 1 amide bonds. The zero-order valence-corrected chi connectivity index (χ0v) is 18.5. The second-order valence-electron chi connectivity index (χ2n) is 8.29. The highest BCUT2D eigenvalue weighted by Gasteiger charge is 2.36. The molecule has 5 rings (SSSR count). The van der Waals surface area contributed by atoms with Crippen molar-refractivity contribution < 1.29 is 14.4 Å². The second kappa shape index (κ2) is 8.52. The van der Waals surface area contributed by atoms with Crippen LogP contribution in [-0.4, -0.2) is 42.7 Å². The van der Waals surface area contributed by atoms with E-state index < -0.39 is 11.6 Å². The minimum absolute atomic E-state index is 0.151. The number of rotatable bonds is 7. The number of aromatic nitrogens is 5. The van der Waals surface area contributed by atoms with Crippen molar-refractivity contribution in [3.05, 3.63) is 71.8 Å². The van der Waals surface area contributed by atoms with E-state index in [-0.39, 0.29) is 24.4 Å². The van der Waals surface area contributed by atoms with Crippen molar-refractivity contribution in [3.63, 3.8) is 0 Å². The van der Waals surface area contributed by atoms with Gasteiger partial charge in [0.2, 0.25) is 5.95 Å². The number of benzene rings is 1. The predicted molar refractivity (Wildman–Crippen MR) is 123 cm³/mol. The molecule has 1 aliphatic rings. The van der Waals surface area contributed by atoms with E-state index in [4.69, 9.17) is 4.52 Å². The Balaban J connectivity index is 1.48. The molecule has 4 aromatic rings. The molecule has 0 saturated heterocycles. The number of fused-ring (bicyclic) bond motifs is 1. The molecular weight excluding hydrogens is 436 g/mol. The topological polar surface area (TPSA) is 151 Å². The lowest BCUT2D eigenvalue weighted by atomic mass is 10.0. The molecule has 1 aliphatic heterocycles. The lowest BCUT2D eigenvalue weighted by molar-refractivity contribution is 0.0940. The van der Waals surface area contributed by atoms with Gasteiger partial charge in [0.1, 0.15) is 17.2 Å². The van der Waals surface area contributed by atoms with Crippen LogP contribution in [-0.2, 0) is 5.54 Å². The zero-order valence-electron chi connectivity index (χ0n) is 18.5. The van der Waals surface area contributed by atoms with Crippen molar-refractivity contribution in [3.8, 4) is 11.5 Å². The summed E-state index contributed by atoms with van der Waals surface area (Å²) in [5.74, 6) is 1.23. The van der Waals surface area contributed by atoms with Crippen LogP contribution in [0.15, 0.2) is 59.5 Å². The fourth-order valence-electron chi connectivity index (χ4n) is 3.80. The van der Waals surface area contributed by atoms with Gasteiger partial charge in [-0.05, 0) is 31.5 Å². The Bertz CT molecular complexity index is 1330. The van der Waals surface area contributed by atoms with Gasteiger partial charge in [-0.2, -0.15) is 9.97 Å². The highest BCUT2D eigenvalue weighted by Crippen LogP contribution is 2.31. The lowest BCUT2D eigenvalue weighted by Crippen LogP contribution is -2.33. The Morgan fingerprint density at radius 3 is 2.65 bits per heavy atom. The van der Waals surface area contributed by atoms with E-state index >= 15 is 0 Å². The van der Waals surface area contributed by atoms with Gasteiger partial charge in [0.05, 0.1) is 29.4 Å². The first-order chi connectivity index (χ1) is 16.4. The third kappa shape index (κ3) is 4.04. The van der Waals surface area contributed by atoms with Crippen LogP contribution in [0.4, 0.5) is 17.6 Å². The van der Waals surface area contributed by atoms with E-state index in [1.54, 1.807) is 18.3 Å². The molecule has 1 atom stereocenters. The van der Waals surface area contributed by atoms with Crippen LogP contribution in [0.5, 0.6) is 0 Å². The summed E-state index contributed by atoms with van der Waals surface area (Å²) in [5, 5.41) is 22.9. The third-order valence-corrected chi connectivity index (χ3v) is 5.47. The van der Waals surface area contributed by atoms with Crippen LogP contribution in [0, 0.1) is 0 Å². The van der Waals surface area contributed by atoms with Gasteiger partial charge in [-0.15, -0.1) is 0 Å². The Hall–Kier alpha value is -4.38. The van der Waals surface area contributed by atoms with Gasteiger partial charge in [0, 0.05) is 6.20 Å². The van der Waals surface area contributed by atoms with Gasteiger partial charge in [0.25, 0.3) is 11.8 Å². The number of aliphatic hydroxyl groups excluding tert-OH is 1. The van der Waals surface area contributed by atoms with Crippen LogP contribution in [0.25, 0.3) is 11.5 Å². The number of amides is 1. The smallest absolute Gasteiger partial charge is 0.262 e. The minimum Gasteiger partial charge on any atom is -0.394 e. The van der Waals surface area contributed by atoms with E-state index in [1.165, 1.54) is 6.33 Å². The molecule has 172 valence electrons. The Kier molecular flexibility index (Phi) is 5.38. The average Bonchev–Trinajstić information content (AvgIpc) is 3.44. The number of carbonyl (C=O) groups excluding carboxylic acids is 1. The standard InChI is InChI=1S/C23H22N8O3/c1-23(2)18-14(20(33)31-23)8-9-17(28-18)29-22-24-10-15(21-25-12-26-34-21)19(30-22)27-16(11-32)13-6-4-3-5-7-13/h3-10,12,16,32H,11H2,1-2H3,(H,31,33)(H2,24,27,28,29,30)/t16-/m1/s1. The number of hydrogen-bond acceptors (Lipinski definition) is 10. The van der Waals surface area contributed by atoms with E-state index in [0.717, 1.165) is 5.56 Å². The maximum absolute atomic E-state index is 12.1. The van der Waals surface area contributed by atoms with Gasteiger partial charge >= 0.3 is 0 Å². The van der Waals surface area contributed by atoms with Gasteiger partial charge in [-0.25, -0.2) is 9.97 Å². The van der Waals surface area contributed by atoms with Crippen molar-refractivity contribution in [1.82, 2.24) is 30.4 Å². The first kappa shape index (κ1) is 21.5. The first-order valence-electron chi connectivity index (χ1n) is 10.6. The van der Waals surface area contributed by atoms with Crippen LogP contribution in [0.2, 0.25) is 0 Å². The molecule has 34 heavy (non-hydrogen) atoms. The summed E-state index contributed by atoms with van der Waals surface area (Å²) < 4.78 is 5.21. The lowest BCUT2D eigenvalue weighted by Gasteiger charge is -2.19. The van der Waals surface area contributed by atoms with Crippen molar-refractivity contribution in [1.29, 1.82) is 0 Å². The van der Waals surface area contributed by atoms with Crippen LogP contribution in [0.1, 0.15) is 41.5 Å². The maximum atomic E-state index is 12.1. The molecule has 0 bridgehead atoms. The van der Waals surface area contributed by atoms with Gasteiger partial charge in [-0.3, -0.25) is 4.79 Å². The fraction of sp³-hybridized carbons (Fsp3) is 0.217. The average molecular weight is 458 g/mol. The number of anilines is 3. The van der Waals surface area contributed by atoms with Crippen LogP contribution >= 0.6 is 0 Å². The zero-order chi connectivity index (χ0) is 23.7. The molecule has 0 radical (unpaired) electrons. The quantitative estimate of drug-likeness (QED) is 0.325. The van der Waals surface area contributed by atoms with Crippen LogP contribution < -0.4 is 16.0 Å². The molecule has 0 fully saturated rings. The molecule has 3 aromatic heterocycles. The summed E-state index contributed by atoms with van der Waals surface area (Å²) in [5.41, 5.74) is 1.97. The molecule has 4 N–H and O–H groups in total. The third-order valence-electron chi connectivity index (χ3n) is 5.47. The highest BCUT2D eigenvalue weighted by atomic mass is 16.5. The number of nitrogens with zero attached hydrogens (tertiary/aromatic N) is 5. The van der Waals surface area contributed by atoms with Crippen molar-refractivity contribution in [2.45, 2.75) is 25.4 Å². The summed E-state index contributed by atoms with van der Waals surface area (Å²) >= 11 is 0. The maximum Gasteiger partial charge on any atom is 0.262 e. The monoisotopic (exact) mass is 458 g/mol.